The Hall–Kier alpha value is -0.650. The van der Waals surface area contributed by atoms with E-state index in [0.717, 1.165) is 0 Å². The summed E-state index contributed by atoms with van der Waals surface area (Å²) in [5.41, 5.74) is 6.07. The van der Waals surface area contributed by atoms with E-state index in [1.165, 1.54) is 0 Å². The van der Waals surface area contributed by atoms with Crippen molar-refractivity contribution < 1.29 is 4.79 Å². The van der Waals surface area contributed by atoms with Crippen LogP contribution in [0.2, 0.25) is 5.02 Å². The highest BCUT2D eigenvalue weighted by Crippen LogP contribution is 2.22. The molecule has 1 atom stereocenters. The van der Waals surface area contributed by atoms with E-state index in [2.05, 4.69) is 15.9 Å². The van der Waals surface area contributed by atoms with E-state index in [4.69, 9.17) is 29.6 Å². The zero-order chi connectivity index (χ0) is 13.9. The summed E-state index contributed by atoms with van der Waals surface area (Å²) in [4.78, 5) is 14.2. The van der Waals surface area contributed by atoms with Crippen molar-refractivity contribution in [1.29, 1.82) is 0 Å². The molecule has 0 saturated carbocycles. The van der Waals surface area contributed by atoms with Gasteiger partial charge in [-0.25, -0.2) is 0 Å². The molecule has 0 aliphatic rings. The highest BCUT2D eigenvalue weighted by atomic mass is 79.9. The maximum atomic E-state index is 12.2. The number of hydrogen-bond donors (Lipinski definition) is 1. The summed E-state index contributed by atoms with van der Waals surface area (Å²) in [6.45, 7) is 2.37. The Kier molecular flexibility index (Phi) is 5.56. The Bertz CT molecular complexity index is 481. The van der Waals surface area contributed by atoms with Crippen LogP contribution in [0, 0.1) is 5.92 Å². The zero-order valence-electron chi connectivity index (χ0n) is 10.1. The monoisotopic (exact) mass is 348 g/mol. The normalized spacial score (nSPS) is 12.0. The van der Waals surface area contributed by atoms with Crippen molar-refractivity contribution in [2.75, 3.05) is 13.6 Å². The molecule has 0 aliphatic heterocycles. The van der Waals surface area contributed by atoms with Crippen molar-refractivity contribution in [2.24, 2.45) is 11.7 Å². The Morgan fingerprint density at radius 2 is 2.22 bits per heavy atom. The second kappa shape index (κ2) is 6.50. The van der Waals surface area contributed by atoms with Gasteiger partial charge in [-0.1, -0.05) is 30.7 Å². The Morgan fingerprint density at radius 1 is 1.61 bits per heavy atom. The lowest BCUT2D eigenvalue weighted by atomic mass is 10.1. The lowest BCUT2D eigenvalue weighted by molar-refractivity contribution is 0.0786. The molecule has 1 unspecified atom stereocenters. The molecule has 0 radical (unpaired) electrons. The first-order chi connectivity index (χ1) is 8.32. The molecule has 0 aliphatic carbocycles. The second-order valence-corrected chi connectivity index (χ2v) is 5.88. The average Bonchev–Trinajstić information content (AvgIpc) is 2.31. The van der Waals surface area contributed by atoms with E-state index in [1.807, 2.05) is 6.92 Å². The summed E-state index contributed by atoms with van der Waals surface area (Å²) in [6.07, 6.45) is 0. The summed E-state index contributed by atoms with van der Waals surface area (Å²) >= 11 is 14.1. The Labute approximate surface area is 125 Å². The van der Waals surface area contributed by atoms with Gasteiger partial charge in [-0.15, -0.1) is 0 Å². The molecule has 2 N–H and O–H groups in total. The number of halogens is 2. The van der Waals surface area contributed by atoms with Crippen molar-refractivity contribution in [3.8, 4) is 0 Å². The summed E-state index contributed by atoms with van der Waals surface area (Å²) in [6, 6.07) is 5.11. The van der Waals surface area contributed by atoms with Crippen molar-refractivity contribution in [1.82, 2.24) is 4.90 Å². The predicted octanol–water partition coefficient (Wildman–Crippen LogP) is 3.10. The highest BCUT2D eigenvalue weighted by molar-refractivity contribution is 9.10. The highest BCUT2D eigenvalue weighted by Gasteiger charge is 2.18. The number of thiocarbonyl (C=S) groups is 1. The van der Waals surface area contributed by atoms with E-state index in [9.17, 15) is 4.79 Å². The Morgan fingerprint density at radius 3 is 2.78 bits per heavy atom. The third-order valence-corrected chi connectivity index (χ3v) is 3.87. The molecule has 0 fully saturated rings. The van der Waals surface area contributed by atoms with Crippen LogP contribution in [0.1, 0.15) is 17.3 Å². The quantitative estimate of drug-likeness (QED) is 0.850. The van der Waals surface area contributed by atoms with Crippen LogP contribution in [0.25, 0.3) is 0 Å². The smallest absolute Gasteiger partial charge is 0.254 e. The van der Waals surface area contributed by atoms with Gasteiger partial charge in [0, 0.05) is 29.0 Å². The number of rotatable bonds is 4. The van der Waals surface area contributed by atoms with Crippen molar-refractivity contribution in [3.63, 3.8) is 0 Å². The summed E-state index contributed by atoms with van der Waals surface area (Å²) in [5, 5.41) is 0.525. The van der Waals surface area contributed by atoms with Crippen LogP contribution in [-0.4, -0.2) is 29.4 Å². The summed E-state index contributed by atoms with van der Waals surface area (Å²) in [7, 11) is 1.71. The van der Waals surface area contributed by atoms with E-state index in [-0.39, 0.29) is 11.8 Å². The molecule has 1 aromatic rings. The van der Waals surface area contributed by atoms with Crippen LogP contribution < -0.4 is 5.73 Å². The van der Waals surface area contributed by atoms with Gasteiger partial charge >= 0.3 is 0 Å². The molecule has 98 valence electrons. The molecule has 1 rings (SSSR count). The maximum Gasteiger partial charge on any atom is 0.254 e. The van der Waals surface area contributed by atoms with Gasteiger partial charge in [0.05, 0.1) is 10.6 Å². The fraction of sp³-hybridized carbons (Fsp3) is 0.333. The first-order valence-corrected chi connectivity index (χ1v) is 6.90. The number of carbonyl (C=O) groups is 1. The van der Waals surface area contributed by atoms with E-state index < -0.39 is 0 Å². The van der Waals surface area contributed by atoms with E-state index >= 15 is 0 Å². The molecule has 0 bridgehead atoms. The van der Waals surface area contributed by atoms with Gasteiger partial charge in [-0.3, -0.25) is 4.79 Å². The van der Waals surface area contributed by atoms with Gasteiger partial charge in [0.2, 0.25) is 0 Å². The molecular formula is C12H14BrClN2OS. The van der Waals surface area contributed by atoms with Crippen LogP contribution in [0.15, 0.2) is 22.7 Å². The minimum atomic E-state index is -0.118. The summed E-state index contributed by atoms with van der Waals surface area (Å²) in [5.74, 6) is -0.139. The molecular weight excluding hydrogens is 336 g/mol. The average molecular weight is 350 g/mol. The van der Waals surface area contributed by atoms with Crippen molar-refractivity contribution >= 4 is 50.6 Å². The standard InChI is InChI=1S/C12H14BrClN2OS/c1-7(11(15)18)6-16(2)12(17)9-5-8(14)3-4-10(9)13/h3-5,7H,6H2,1-2H3,(H2,15,18). The van der Waals surface area contributed by atoms with E-state index in [0.29, 0.717) is 26.6 Å². The molecule has 3 nitrogen and oxygen atoms in total. The minimum absolute atomic E-state index is 0.0214. The fourth-order valence-electron chi connectivity index (χ4n) is 1.45. The SMILES string of the molecule is CC(CN(C)C(=O)c1cc(Cl)ccc1Br)C(N)=S. The molecule has 18 heavy (non-hydrogen) atoms. The van der Waals surface area contributed by atoms with Gasteiger partial charge in [-0.05, 0) is 34.1 Å². The zero-order valence-corrected chi connectivity index (χ0v) is 13.3. The van der Waals surface area contributed by atoms with Crippen LogP contribution in [0.4, 0.5) is 0 Å². The summed E-state index contributed by atoms with van der Waals surface area (Å²) < 4.78 is 0.715. The van der Waals surface area contributed by atoms with Crippen LogP contribution in [0.3, 0.4) is 0 Å². The molecule has 0 aromatic heterocycles. The third kappa shape index (κ3) is 3.93. The van der Waals surface area contributed by atoms with Crippen LogP contribution in [0.5, 0.6) is 0 Å². The van der Waals surface area contributed by atoms with Crippen LogP contribution in [-0.2, 0) is 0 Å². The molecule has 1 aromatic carbocycles. The molecule has 6 heteroatoms. The van der Waals surface area contributed by atoms with Gasteiger partial charge in [0.15, 0.2) is 0 Å². The number of carbonyl (C=O) groups excluding carboxylic acids is 1. The largest absolute Gasteiger partial charge is 0.393 e. The second-order valence-electron chi connectivity index (χ2n) is 4.11. The molecule has 0 spiro atoms. The molecule has 1 amide bonds. The predicted molar refractivity (Wildman–Crippen MR) is 82.1 cm³/mol. The lowest BCUT2D eigenvalue weighted by Crippen LogP contribution is -2.35. The number of nitrogens with two attached hydrogens (primary N) is 1. The Balaban J connectivity index is 2.86. The molecule has 0 saturated heterocycles. The first kappa shape index (κ1) is 15.4. The van der Waals surface area contributed by atoms with Crippen LogP contribution >= 0.6 is 39.7 Å². The van der Waals surface area contributed by atoms with Gasteiger partial charge in [0.25, 0.3) is 5.91 Å². The lowest BCUT2D eigenvalue weighted by Gasteiger charge is -2.21. The molecule has 0 heterocycles. The van der Waals surface area contributed by atoms with Gasteiger partial charge in [-0.2, -0.15) is 0 Å². The first-order valence-electron chi connectivity index (χ1n) is 5.32. The number of hydrogen-bond acceptors (Lipinski definition) is 2. The maximum absolute atomic E-state index is 12.2. The van der Waals surface area contributed by atoms with E-state index in [1.54, 1.807) is 30.1 Å². The van der Waals surface area contributed by atoms with Gasteiger partial charge in [0.1, 0.15) is 0 Å². The fourth-order valence-corrected chi connectivity index (χ4v) is 2.11. The van der Waals surface area contributed by atoms with Gasteiger partial charge < -0.3 is 10.6 Å². The minimum Gasteiger partial charge on any atom is -0.393 e. The number of amides is 1. The van der Waals surface area contributed by atoms with Crippen molar-refractivity contribution in [2.45, 2.75) is 6.92 Å². The van der Waals surface area contributed by atoms with Crippen molar-refractivity contribution in [3.05, 3.63) is 33.3 Å². The number of nitrogens with zero attached hydrogens (tertiary/aromatic N) is 1. The third-order valence-electron chi connectivity index (χ3n) is 2.54. The topological polar surface area (TPSA) is 46.3 Å². The number of benzene rings is 1.